The number of carbonyl (C=O) groups excluding carboxylic acids is 1. The molecule has 0 aliphatic carbocycles. The molecular weight excluding hydrogens is 345 g/mol. The van der Waals surface area contributed by atoms with Crippen LogP contribution >= 0.6 is 11.6 Å². The third-order valence-electron chi connectivity index (χ3n) is 3.78. The lowest BCUT2D eigenvalue weighted by Gasteiger charge is -2.06. The Kier molecular flexibility index (Phi) is 5.55. The molecule has 3 aromatic rings. The maximum absolute atomic E-state index is 13.3. The minimum absolute atomic E-state index is 0.0554. The van der Waals surface area contributed by atoms with Crippen molar-refractivity contribution < 1.29 is 9.18 Å². The van der Waals surface area contributed by atoms with Gasteiger partial charge in [-0.25, -0.2) is 13.9 Å². The van der Waals surface area contributed by atoms with E-state index in [-0.39, 0.29) is 10.9 Å². The quantitative estimate of drug-likeness (QED) is 0.656. The molecule has 0 saturated carbocycles. The summed E-state index contributed by atoms with van der Waals surface area (Å²) >= 11 is 5.64. The Morgan fingerprint density at radius 3 is 2.96 bits per heavy atom. The number of benzene rings is 1. The van der Waals surface area contributed by atoms with Crippen molar-refractivity contribution in [2.75, 3.05) is 6.54 Å². The van der Waals surface area contributed by atoms with Gasteiger partial charge in [0.2, 0.25) is 5.91 Å². The van der Waals surface area contributed by atoms with Gasteiger partial charge >= 0.3 is 0 Å². The molecule has 0 unspecified atom stereocenters. The topological polar surface area (TPSA) is 72.2 Å². The fourth-order valence-corrected chi connectivity index (χ4v) is 2.57. The summed E-state index contributed by atoms with van der Waals surface area (Å²) in [6.45, 7) is 0.573. The van der Waals surface area contributed by atoms with Gasteiger partial charge in [0.05, 0.1) is 5.02 Å². The molecule has 0 radical (unpaired) electrons. The van der Waals surface area contributed by atoms with Crippen molar-refractivity contribution in [2.45, 2.75) is 25.7 Å². The molecule has 0 aliphatic heterocycles. The molecule has 1 N–H and O–H groups in total. The predicted octanol–water partition coefficient (Wildman–Crippen LogP) is 2.60. The van der Waals surface area contributed by atoms with E-state index in [9.17, 15) is 9.18 Å². The molecule has 0 fully saturated rings. The first-order chi connectivity index (χ1) is 12.1. The second-order valence-corrected chi connectivity index (χ2v) is 6.08. The van der Waals surface area contributed by atoms with Crippen LogP contribution in [-0.2, 0) is 17.6 Å². The van der Waals surface area contributed by atoms with Crippen LogP contribution in [0.4, 0.5) is 4.39 Å². The summed E-state index contributed by atoms with van der Waals surface area (Å²) < 4.78 is 15.0. The third-order valence-corrected chi connectivity index (χ3v) is 4.08. The van der Waals surface area contributed by atoms with E-state index in [0.29, 0.717) is 25.2 Å². The minimum Gasteiger partial charge on any atom is -0.356 e. The standard InChI is InChI=1S/C17H17ClFN5O/c18-14-5-3-12(8-15(14)19)4-6-16(25)20-7-1-2-13-9-21-17-22-11-23-24(17)10-13/h3,5,8-11H,1-2,4,6-7H2,(H,20,25). The fourth-order valence-electron chi connectivity index (χ4n) is 2.45. The predicted molar refractivity (Wildman–Crippen MR) is 91.8 cm³/mol. The Labute approximate surface area is 149 Å². The first-order valence-corrected chi connectivity index (χ1v) is 8.34. The first kappa shape index (κ1) is 17.3. The lowest BCUT2D eigenvalue weighted by molar-refractivity contribution is -0.121. The second kappa shape index (κ2) is 8.02. The van der Waals surface area contributed by atoms with Crippen molar-refractivity contribution >= 4 is 23.3 Å². The van der Waals surface area contributed by atoms with Crippen LogP contribution in [0.2, 0.25) is 5.02 Å². The van der Waals surface area contributed by atoms with Gasteiger partial charge in [-0.2, -0.15) is 10.1 Å². The highest BCUT2D eigenvalue weighted by Gasteiger charge is 2.05. The van der Waals surface area contributed by atoms with Crippen molar-refractivity contribution in [3.63, 3.8) is 0 Å². The Hall–Kier alpha value is -2.54. The van der Waals surface area contributed by atoms with Gasteiger partial charge in [-0.05, 0) is 42.5 Å². The van der Waals surface area contributed by atoms with Crippen molar-refractivity contribution in [1.29, 1.82) is 0 Å². The zero-order chi connectivity index (χ0) is 17.6. The summed E-state index contributed by atoms with van der Waals surface area (Å²) in [6, 6.07) is 4.60. The van der Waals surface area contributed by atoms with Gasteiger partial charge in [0, 0.05) is 25.4 Å². The highest BCUT2D eigenvalue weighted by atomic mass is 35.5. The van der Waals surface area contributed by atoms with Crippen molar-refractivity contribution in [3.8, 4) is 0 Å². The van der Waals surface area contributed by atoms with Gasteiger partial charge in [-0.15, -0.1) is 0 Å². The van der Waals surface area contributed by atoms with Crippen LogP contribution < -0.4 is 5.32 Å². The SMILES string of the molecule is O=C(CCc1ccc(Cl)c(F)c1)NCCCc1cnc2ncnn2c1. The molecule has 130 valence electrons. The molecule has 0 bridgehead atoms. The van der Waals surface area contributed by atoms with E-state index in [0.717, 1.165) is 24.0 Å². The monoisotopic (exact) mass is 361 g/mol. The summed E-state index contributed by atoms with van der Waals surface area (Å²) in [7, 11) is 0. The first-order valence-electron chi connectivity index (χ1n) is 7.97. The number of hydrogen-bond donors (Lipinski definition) is 1. The highest BCUT2D eigenvalue weighted by Crippen LogP contribution is 2.16. The van der Waals surface area contributed by atoms with Crippen molar-refractivity contribution in [2.24, 2.45) is 0 Å². The number of nitrogens with one attached hydrogen (secondary N) is 1. The van der Waals surface area contributed by atoms with E-state index >= 15 is 0 Å². The molecule has 1 aromatic carbocycles. The number of rotatable bonds is 7. The number of aromatic nitrogens is 4. The van der Waals surface area contributed by atoms with E-state index < -0.39 is 5.82 Å². The zero-order valence-electron chi connectivity index (χ0n) is 13.5. The van der Waals surface area contributed by atoms with E-state index in [1.165, 1.54) is 18.5 Å². The maximum Gasteiger partial charge on any atom is 0.252 e. The van der Waals surface area contributed by atoms with Gasteiger partial charge in [0.15, 0.2) is 0 Å². The largest absolute Gasteiger partial charge is 0.356 e. The molecular formula is C17H17ClFN5O. The zero-order valence-corrected chi connectivity index (χ0v) is 14.2. The third kappa shape index (κ3) is 4.73. The Morgan fingerprint density at radius 2 is 2.12 bits per heavy atom. The molecule has 0 saturated heterocycles. The molecule has 0 aliphatic rings. The summed E-state index contributed by atoms with van der Waals surface area (Å²) in [6.07, 6.45) is 7.47. The molecule has 2 heterocycles. The number of hydrogen-bond acceptors (Lipinski definition) is 4. The second-order valence-electron chi connectivity index (χ2n) is 5.67. The normalized spacial score (nSPS) is 11.0. The molecule has 2 aromatic heterocycles. The molecule has 8 heteroatoms. The van der Waals surface area contributed by atoms with Crippen LogP contribution in [0.25, 0.3) is 5.78 Å². The molecule has 6 nitrogen and oxygen atoms in total. The Balaban J connectivity index is 1.38. The average Bonchev–Trinajstić information content (AvgIpc) is 3.07. The van der Waals surface area contributed by atoms with E-state index in [1.54, 1.807) is 16.8 Å². The lowest BCUT2D eigenvalue weighted by Crippen LogP contribution is -2.25. The minimum atomic E-state index is -0.461. The van der Waals surface area contributed by atoms with Gasteiger partial charge in [0.1, 0.15) is 12.1 Å². The highest BCUT2D eigenvalue weighted by molar-refractivity contribution is 6.30. The van der Waals surface area contributed by atoms with Crippen LogP contribution in [0.1, 0.15) is 24.0 Å². The van der Waals surface area contributed by atoms with Gasteiger partial charge in [-0.1, -0.05) is 17.7 Å². The number of carbonyl (C=O) groups is 1. The van der Waals surface area contributed by atoms with Crippen LogP contribution in [0.5, 0.6) is 0 Å². The number of nitrogens with zero attached hydrogens (tertiary/aromatic N) is 4. The number of halogens is 2. The van der Waals surface area contributed by atoms with E-state index in [1.807, 2.05) is 6.20 Å². The van der Waals surface area contributed by atoms with Gasteiger partial charge < -0.3 is 5.32 Å². The summed E-state index contributed by atoms with van der Waals surface area (Å²) in [4.78, 5) is 20.0. The summed E-state index contributed by atoms with van der Waals surface area (Å²) in [5.41, 5.74) is 1.79. The van der Waals surface area contributed by atoms with Crippen LogP contribution in [0.15, 0.2) is 36.9 Å². The molecule has 0 spiro atoms. The Bertz CT molecular complexity index is 882. The Morgan fingerprint density at radius 1 is 1.24 bits per heavy atom. The van der Waals surface area contributed by atoms with Crippen LogP contribution in [-0.4, -0.2) is 32.0 Å². The lowest BCUT2D eigenvalue weighted by atomic mass is 10.1. The summed E-state index contributed by atoms with van der Waals surface area (Å²) in [5, 5.41) is 7.00. The van der Waals surface area contributed by atoms with Crippen molar-refractivity contribution in [3.05, 3.63) is 58.9 Å². The van der Waals surface area contributed by atoms with Crippen molar-refractivity contribution in [1.82, 2.24) is 24.9 Å². The van der Waals surface area contributed by atoms with Gasteiger partial charge in [-0.3, -0.25) is 4.79 Å². The smallest absolute Gasteiger partial charge is 0.252 e. The van der Waals surface area contributed by atoms with Gasteiger partial charge in [0.25, 0.3) is 5.78 Å². The molecule has 25 heavy (non-hydrogen) atoms. The average molecular weight is 362 g/mol. The summed E-state index contributed by atoms with van der Waals surface area (Å²) in [5.74, 6) is 0.0495. The fraction of sp³-hybridized carbons (Fsp3) is 0.294. The number of aryl methyl sites for hydroxylation is 2. The molecule has 0 atom stereocenters. The van der Waals surface area contributed by atoms with Crippen LogP contribution in [0.3, 0.4) is 0 Å². The maximum atomic E-state index is 13.3. The number of fused-ring (bicyclic) bond motifs is 1. The molecule has 3 rings (SSSR count). The van der Waals surface area contributed by atoms with E-state index in [4.69, 9.17) is 11.6 Å². The molecule has 1 amide bonds. The number of amides is 1. The van der Waals surface area contributed by atoms with E-state index in [2.05, 4.69) is 20.4 Å². The van der Waals surface area contributed by atoms with Crippen LogP contribution in [0, 0.1) is 5.82 Å².